The van der Waals surface area contributed by atoms with Gasteiger partial charge in [0.15, 0.2) is 0 Å². The number of carbonyl (C=O) groups excluding carboxylic acids is 2. The van der Waals surface area contributed by atoms with Gasteiger partial charge in [-0.25, -0.2) is 9.59 Å². The number of carbonyl (C=O) groups is 2. The molecule has 6 heteroatoms. The second-order valence-corrected chi connectivity index (χ2v) is 2.26. The molecular formula is C10H17NO5. The van der Waals surface area contributed by atoms with E-state index in [1.165, 1.54) is 0 Å². The van der Waals surface area contributed by atoms with Gasteiger partial charge in [-0.2, -0.15) is 0 Å². The van der Waals surface area contributed by atoms with Crippen LogP contribution in [0.15, 0.2) is 25.3 Å². The monoisotopic (exact) mass is 231 g/mol. The van der Waals surface area contributed by atoms with E-state index in [1.54, 1.807) is 0 Å². The number of hydrogen-bond acceptors (Lipinski definition) is 6. The highest BCUT2D eigenvalue weighted by atomic mass is 16.5. The molecule has 0 aromatic heterocycles. The molecule has 0 aliphatic heterocycles. The fourth-order valence-corrected chi connectivity index (χ4v) is 0.424. The van der Waals surface area contributed by atoms with Gasteiger partial charge in [-0.15, -0.1) is 0 Å². The Bertz CT molecular complexity index is 203. The molecule has 0 rings (SSSR count). The minimum Gasteiger partial charge on any atom is -0.461 e. The number of hydrogen-bond donors (Lipinski definition) is 2. The summed E-state index contributed by atoms with van der Waals surface area (Å²) in [5.74, 6) is -0.922. The van der Waals surface area contributed by atoms with Crippen molar-refractivity contribution in [2.24, 2.45) is 5.73 Å². The molecule has 0 aliphatic rings. The third-order valence-corrected chi connectivity index (χ3v) is 1.03. The molecule has 0 spiro atoms. The second-order valence-electron chi connectivity index (χ2n) is 2.26. The first-order valence-electron chi connectivity index (χ1n) is 4.51. The van der Waals surface area contributed by atoms with E-state index in [2.05, 4.69) is 22.6 Å². The molecule has 0 aliphatic carbocycles. The Morgan fingerprint density at radius 3 is 1.88 bits per heavy atom. The minimum absolute atomic E-state index is 0.0465. The zero-order valence-corrected chi connectivity index (χ0v) is 9.05. The predicted molar refractivity (Wildman–Crippen MR) is 58.5 cm³/mol. The zero-order valence-electron chi connectivity index (χ0n) is 9.05. The molecule has 0 unspecified atom stereocenters. The molecule has 0 heterocycles. The van der Waals surface area contributed by atoms with Gasteiger partial charge in [-0.1, -0.05) is 13.2 Å². The summed E-state index contributed by atoms with van der Waals surface area (Å²) in [6, 6.07) is 0. The molecule has 0 amide bonds. The fraction of sp³-hybridized carbons (Fsp3) is 0.400. The van der Waals surface area contributed by atoms with E-state index in [0.29, 0.717) is 6.54 Å². The van der Waals surface area contributed by atoms with E-state index in [9.17, 15) is 9.59 Å². The highest BCUT2D eigenvalue weighted by molar-refractivity contribution is 5.81. The van der Waals surface area contributed by atoms with Crippen molar-refractivity contribution in [1.82, 2.24) is 0 Å². The SMILES string of the molecule is C=CC(=O)OCCN.C=CC(=O)OCCO. The van der Waals surface area contributed by atoms with E-state index < -0.39 is 11.9 Å². The first kappa shape index (κ1) is 16.8. The molecule has 0 aromatic rings. The third-order valence-electron chi connectivity index (χ3n) is 1.03. The van der Waals surface area contributed by atoms with Crippen molar-refractivity contribution in [2.45, 2.75) is 0 Å². The summed E-state index contributed by atoms with van der Waals surface area (Å²) in [4.78, 5) is 20.3. The van der Waals surface area contributed by atoms with Crippen molar-refractivity contribution in [2.75, 3.05) is 26.4 Å². The maximum atomic E-state index is 10.2. The van der Waals surface area contributed by atoms with Crippen LogP contribution >= 0.6 is 0 Å². The lowest BCUT2D eigenvalue weighted by Gasteiger charge is -1.94. The van der Waals surface area contributed by atoms with Crippen LogP contribution in [0.3, 0.4) is 0 Å². The summed E-state index contributed by atoms with van der Waals surface area (Å²) in [5, 5.41) is 8.10. The van der Waals surface area contributed by atoms with Gasteiger partial charge >= 0.3 is 11.9 Å². The third kappa shape index (κ3) is 14.8. The van der Waals surface area contributed by atoms with Crippen LogP contribution in [0.4, 0.5) is 0 Å². The summed E-state index contributed by atoms with van der Waals surface area (Å²) in [6.45, 7) is 6.89. The lowest BCUT2D eigenvalue weighted by atomic mass is 10.6. The highest BCUT2D eigenvalue weighted by Crippen LogP contribution is 1.75. The number of aliphatic hydroxyl groups is 1. The number of nitrogens with two attached hydrogens (primary N) is 1. The number of aliphatic hydroxyl groups excluding tert-OH is 1. The summed E-state index contributed by atoms with van der Waals surface area (Å²) in [6.07, 6.45) is 2.16. The van der Waals surface area contributed by atoms with Crippen molar-refractivity contribution in [3.05, 3.63) is 25.3 Å². The number of ether oxygens (including phenoxy) is 2. The van der Waals surface area contributed by atoms with Crippen LogP contribution in [0.2, 0.25) is 0 Å². The molecule has 3 N–H and O–H groups in total. The van der Waals surface area contributed by atoms with Crippen LogP contribution < -0.4 is 5.73 Å². The van der Waals surface area contributed by atoms with Crippen LogP contribution in [-0.2, 0) is 19.1 Å². The van der Waals surface area contributed by atoms with Crippen LogP contribution in [-0.4, -0.2) is 43.4 Å². The van der Waals surface area contributed by atoms with Crippen molar-refractivity contribution in [3.63, 3.8) is 0 Å². The Kier molecular flexibility index (Phi) is 14.0. The normalized spacial score (nSPS) is 8.12. The molecule has 92 valence electrons. The van der Waals surface area contributed by atoms with Crippen molar-refractivity contribution in [1.29, 1.82) is 0 Å². The molecule has 0 saturated heterocycles. The summed E-state index contributed by atoms with van der Waals surface area (Å²) in [5.41, 5.74) is 5.02. The maximum Gasteiger partial charge on any atom is 0.330 e. The molecule has 0 saturated carbocycles. The van der Waals surface area contributed by atoms with Gasteiger partial charge in [0.2, 0.25) is 0 Å². The fourth-order valence-electron chi connectivity index (χ4n) is 0.424. The highest BCUT2D eigenvalue weighted by Gasteiger charge is 1.90. The largest absolute Gasteiger partial charge is 0.461 e. The summed E-state index contributed by atoms with van der Waals surface area (Å²) < 4.78 is 8.79. The standard InChI is InChI=1S/C5H9NO2.C5H8O3/c2*1-2-5(7)8-4-3-6/h2H,1,3-4,6H2;2,6H,1,3-4H2. The molecule has 0 atom stereocenters. The Morgan fingerprint density at radius 1 is 1.12 bits per heavy atom. The minimum atomic E-state index is -0.501. The number of rotatable bonds is 6. The summed E-state index contributed by atoms with van der Waals surface area (Å²) >= 11 is 0. The van der Waals surface area contributed by atoms with Crippen molar-refractivity contribution in [3.8, 4) is 0 Å². The Hall–Kier alpha value is -1.66. The van der Waals surface area contributed by atoms with E-state index in [1.807, 2.05) is 0 Å². The lowest BCUT2D eigenvalue weighted by molar-refractivity contribution is -0.139. The van der Waals surface area contributed by atoms with Gasteiger partial charge < -0.3 is 20.3 Å². The lowest BCUT2D eigenvalue weighted by Crippen LogP contribution is -2.11. The van der Waals surface area contributed by atoms with Gasteiger partial charge in [0.25, 0.3) is 0 Å². The van der Waals surface area contributed by atoms with Crippen molar-refractivity contribution >= 4 is 11.9 Å². The Balaban J connectivity index is 0. The van der Waals surface area contributed by atoms with Gasteiger partial charge in [-0.3, -0.25) is 0 Å². The van der Waals surface area contributed by atoms with Crippen molar-refractivity contribution < 1.29 is 24.2 Å². The quantitative estimate of drug-likeness (QED) is 0.467. The van der Waals surface area contributed by atoms with Crippen LogP contribution in [0, 0.1) is 0 Å². The first-order chi connectivity index (χ1) is 7.62. The van der Waals surface area contributed by atoms with Crippen LogP contribution in [0.5, 0.6) is 0 Å². The second kappa shape index (κ2) is 13.3. The first-order valence-corrected chi connectivity index (χ1v) is 4.51. The van der Waals surface area contributed by atoms with Gasteiger partial charge in [0, 0.05) is 18.7 Å². The Morgan fingerprint density at radius 2 is 1.56 bits per heavy atom. The number of esters is 2. The summed E-state index contributed by atoms with van der Waals surface area (Å²) in [7, 11) is 0. The van der Waals surface area contributed by atoms with E-state index >= 15 is 0 Å². The van der Waals surface area contributed by atoms with E-state index in [0.717, 1.165) is 12.2 Å². The van der Waals surface area contributed by atoms with Crippen LogP contribution in [0.25, 0.3) is 0 Å². The van der Waals surface area contributed by atoms with Gasteiger partial charge in [-0.05, 0) is 0 Å². The van der Waals surface area contributed by atoms with Gasteiger partial charge in [0.1, 0.15) is 13.2 Å². The Labute approximate surface area is 94.3 Å². The molecule has 16 heavy (non-hydrogen) atoms. The van der Waals surface area contributed by atoms with Gasteiger partial charge in [0.05, 0.1) is 6.61 Å². The zero-order chi connectivity index (χ0) is 12.8. The molecule has 0 radical (unpaired) electrons. The molecule has 0 aromatic carbocycles. The average Bonchev–Trinajstić information content (AvgIpc) is 2.33. The topological polar surface area (TPSA) is 98.9 Å². The molecule has 6 nitrogen and oxygen atoms in total. The predicted octanol–water partition coefficient (Wildman–Crippen LogP) is -0.618. The molecule has 0 fully saturated rings. The maximum absolute atomic E-state index is 10.2. The van der Waals surface area contributed by atoms with E-state index in [-0.39, 0.29) is 19.8 Å². The van der Waals surface area contributed by atoms with E-state index in [4.69, 9.17) is 10.8 Å². The van der Waals surface area contributed by atoms with Crippen LogP contribution in [0.1, 0.15) is 0 Å². The molecule has 0 bridgehead atoms. The smallest absolute Gasteiger partial charge is 0.330 e. The average molecular weight is 231 g/mol. The molecular weight excluding hydrogens is 214 g/mol.